The van der Waals surface area contributed by atoms with Gasteiger partial charge in [-0.05, 0) is 75.5 Å². The molecule has 0 fully saturated rings. The molecule has 0 atom stereocenters. The van der Waals surface area contributed by atoms with Crippen LogP contribution >= 0.6 is 22.6 Å². The molecule has 0 aliphatic heterocycles. The van der Waals surface area contributed by atoms with Gasteiger partial charge in [-0.15, -0.1) is 0 Å². The van der Waals surface area contributed by atoms with Gasteiger partial charge in [0.15, 0.2) is 11.5 Å². The minimum atomic E-state index is -0.505. The van der Waals surface area contributed by atoms with Gasteiger partial charge in [0.05, 0.1) is 10.7 Å². The molecule has 1 N–H and O–H groups in total. The molecule has 0 saturated carbocycles. The van der Waals surface area contributed by atoms with Gasteiger partial charge in [-0.25, -0.2) is 4.39 Å². The highest BCUT2D eigenvalue weighted by molar-refractivity contribution is 14.1. The molecule has 0 heterocycles. The maximum Gasteiger partial charge on any atom is 0.266 e. The van der Waals surface area contributed by atoms with Gasteiger partial charge in [0.1, 0.15) is 24.1 Å². The van der Waals surface area contributed by atoms with Gasteiger partial charge in [-0.3, -0.25) is 4.79 Å². The average Bonchev–Trinajstić information content (AvgIpc) is 2.87. The summed E-state index contributed by atoms with van der Waals surface area (Å²) in [7, 11) is 1.52. The van der Waals surface area contributed by atoms with E-state index in [1.54, 1.807) is 30.3 Å². The normalized spacial score (nSPS) is 11.1. The van der Waals surface area contributed by atoms with Crippen molar-refractivity contribution in [1.29, 1.82) is 5.26 Å². The Balaban J connectivity index is 1.57. The van der Waals surface area contributed by atoms with Gasteiger partial charge in [0.2, 0.25) is 0 Å². The van der Waals surface area contributed by atoms with Crippen LogP contribution in [-0.2, 0) is 11.4 Å². The Labute approximate surface area is 215 Å². The van der Waals surface area contributed by atoms with Gasteiger partial charge < -0.3 is 14.8 Å². The van der Waals surface area contributed by atoms with Gasteiger partial charge in [0, 0.05) is 11.1 Å². The summed E-state index contributed by atoms with van der Waals surface area (Å²) >= 11 is 2.11. The third kappa shape index (κ3) is 5.78. The van der Waals surface area contributed by atoms with Crippen LogP contribution in [0, 0.1) is 20.7 Å². The molecule has 0 spiro atoms. The van der Waals surface area contributed by atoms with E-state index < -0.39 is 5.91 Å². The highest BCUT2D eigenvalue weighted by atomic mass is 127. The van der Waals surface area contributed by atoms with Crippen LogP contribution in [0.25, 0.3) is 16.8 Å². The first kappa shape index (κ1) is 24.2. The van der Waals surface area contributed by atoms with Crippen LogP contribution < -0.4 is 14.8 Å². The molecule has 0 aliphatic carbocycles. The molecule has 4 aromatic rings. The zero-order valence-electron chi connectivity index (χ0n) is 18.7. The van der Waals surface area contributed by atoms with E-state index in [-0.39, 0.29) is 18.0 Å². The Morgan fingerprint density at radius 2 is 1.83 bits per heavy atom. The Morgan fingerprint density at radius 1 is 1.09 bits per heavy atom. The minimum Gasteiger partial charge on any atom is -0.493 e. The number of amides is 1. The number of rotatable bonds is 7. The molecule has 174 valence electrons. The third-order valence-corrected chi connectivity index (χ3v) is 6.06. The molecule has 0 aromatic heterocycles. The van der Waals surface area contributed by atoms with Crippen LogP contribution in [0.2, 0.25) is 0 Å². The molecule has 0 radical (unpaired) electrons. The summed E-state index contributed by atoms with van der Waals surface area (Å²) in [5.41, 5.74) is 2.01. The number of ether oxygens (including phenoxy) is 2. The van der Waals surface area contributed by atoms with Crippen LogP contribution in [0.3, 0.4) is 0 Å². The lowest BCUT2D eigenvalue weighted by Gasteiger charge is -2.14. The van der Waals surface area contributed by atoms with Crippen molar-refractivity contribution in [2.45, 2.75) is 6.61 Å². The average molecular weight is 578 g/mol. The van der Waals surface area contributed by atoms with Crippen molar-refractivity contribution < 1.29 is 18.7 Å². The SMILES string of the molecule is COc1cc(/C=C(\C#N)C(=O)Nc2cccc3ccccc23)cc(I)c1OCc1ccc(F)cc1. The highest BCUT2D eigenvalue weighted by Gasteiger charge is 2.15. The second-order valence-electron chi connectivity index (χ2n) is 7.60. The van der Waals surface area contributed by atoms with E-state index in [0.29, 0.717) is 22.7 Å². The van der Waals surface area contributed by atoms with E-state index in [1.165, 1.54) is 25.3 Å². The molecule has 0 unspecified atom stereocenters. The number of carbonyl (C=O) groups excluding carboxylic acids is 1. The van der Waals surface area contributed by atoms with Crippen molar-refractivity contribution in [1.82, 2.24) is 0 Å². The lowest BCUT2D eigenvalue weighted by Crippen LogP contribution is -2.13. The van der Waals surface area contributed by atoms with Crippen molar-refractivity contribution in [2.75, 3.05) is 12.4 Å². The summed E-state index contributed by atoms with van der Waals surface area (Å²) in [6.45, 7) is 0.235. The Kier molecular flexibility index (Phi) is 7.63. The Hall–Kier alpha value is -3.90. The third-order valence-electron chi connectivity index (χ3n) is 5.26. The lowest BCUT2D eigenvalue weighted by molar-refractivity contribution is -0.112. The van der Waals surface area contributed by atoms with Gasteiger partial charge in [-0.1, -0.05) is 48.5 Å². The number of fused-ring (bicyclic) bond motifs is 1. The number of benzene rings is 4. The lowest BCUT2D eigenvalue weighted by atomic mass is 10.1. The van der Waals surface area contributed by atoms with Crippen LogP contribution in [0.5, 0.6) is 11.5 Å². The molecular formula is C28H20FIN2O3. The molecule has 35 heavy (non-hydrogen) atoms. The van der Waals surface area contributed by atoms with Gasteiger partial charge in [0.25, 0.3) is 5.91 Å². The minimum absolute atomic E-state index is 0.0456. The van der Waals surface area contributed by atoms with Crippen molar-refractivity contribution in [3.8, 4) is 17.6 Å². The maximum atomic E-state index is 13.1. The summed E-state index contributed by atoms with van der Waals surface area (Å²) in [5, 5.41) is 14.4. The van der Waals surface area contributed by atoms with Crippen LogP contribution in [0.1, 0.15) is 11.1 Å². The predicted octanol–water partition coefficient (Wildman–Crippen LogP) is 6.72. The number of anilines is 1. The molecule has 0 aliphatic rings. The highest BCUT2D eigenvalue weighted by Crippen LogP contribution is 2.35. The molecule has 1 amide bonds. The van der Waals surface area contributed by atoms with Gasteiger partial charge in [-0.2, -0.15) is 5.26 Å². The zero-order valence-corrected chi connectivity index (χ0v) is 20.9. The van der Waals surface area contributed by atoms with Crippen LogP contribution in [0.15, 0.2) is 84.4 Å². The van der Waals surface area contributed by atoms with Crippen molar-refractivity contribution in [3.05, 3.63) is 105 Å². The molecular weight excluding hydrogens is 558 g/mol. The van der Waals surface area contributed by atoms with Crippen molar-refractivity contribution in [2.24, 2.45) is 0 Å². The van der Waals surface area contributed by atoms with Crippen LogP contribution in [-0.4, -0.2) is 13.0 Å². The number of nitriles is 1. The van der Waals surface area contributed by atoms with E-state index in [0.717, 1.165) is 19.9 Å². The number of nitrogens with zero attached hydrogens (tertiary/aromatic N) is 1. The second kappa shape index (κ2) is 11.0. The van der Waals surface area contributed by atoms with Crippen molar-refractivity contribution in [3.63, 3.8) is 0 Å². The number of hydrogen-bond acceptors (Lipinski definition) is 4. The molecule has 4 rings (SSSR count). The topological polar surface area (TPSA) is 71.3 Å². The Bertz CT molecular complexity index is 1450. The van der Waals surface area contributed by atoms with E-state index in [9.17, 15) is 14.4 Å². The number of methoxy groups -OCH3 is 1. The molecule has 0 bridgehead atoms. The largest absolute Gasteiger partial charge is 0.493 e. The molecule has 4 aromatic carbocycles. The van der Waals surface area contributed by atoms with Crippen LogP contribution in [0.4, 0.5) is 10.1 Å². The number of carbonyl (C=O) groups is 1. The Morgan fingerprint density at radius 3 is 2.57 bits per heavy atom. The summed E-state index contributed by atoms with van der Waals surface area (Å²) in [6.07, 6.45) is 1.51. The first-order chi connectivity index (χ1) is 17.0. The second-order valence-corrected chi connectivity index (χ2v) is 8.76. The fourth-order valence-corrected chi connectivity index (χ4v) is 4.32. The van der Waals surface area contributed by atoms with E-state index in [4.69, 9.17) is 9.47 Å². The zero-order chi connectivity index (χ0) is 24.8. The summed E-state index contributed by atoms with van der Waals surface area (Å²) in [5.74, 6) is 0.162. The molecule has 7 heteroatoms. The number of hydrogen-bond donors (Lipinski definition) is 1. The predicted molar refractivity (Wildman–Crippen MR) is 143 cm³/mol. The fraction of sp³-hybridized carbons (Fsp3) is 0.0714. The smallest absolute Gasteiger partial charge is 0.266 e. The van der Waals surface area contributed by atoms with E-state index in [2.05, 4.69) is 27.9 Å². The maximum absolute atomic E-state index is 13.1. The van der Waals surface area contributed by atoms with E-state index >= 15 is 0 Å². The summed E-state index contributed by atoms with van der Waals surface area (Å²) in [6, 6.07) is 24.8. The van der Waals surface area contributed by atoms with Crippen molar-refractivity contribution >= 4 is 51.0 Å². The molecule has 0 saturated heterocycles. The summed E-state index contributed by atoms with van der Waals surface area (Å²) in [4.78, 5) is 12.9. The fourth-order valence-electron chi connectivity index (χ4n) is 3.54. The number of halogens is 2. The van der Waals surface area contributed by atoms with E-state index in [1.807, 2.05) is 42.5 Å². The monoisotopic (exact) mass is 578 g/mol. The quantitative estimate of drug-likeness (QED) is 0.150. The number of nitrogens with one attached hydrogen (secondary N) is 1. The standard InChI is InChI=1S/C28H20FIN2O3/c1-34-26-15-19(14-24(30)27(26)35-17-18-9-11-22(29)12-10-18)13-21(16-31)28(33)32-25-8-4-6-20-5-2-3-7-23(20)25/h2-15H,17H2,1H3,(H,32,33)/b21-13+. The first-order valence-electron chi connectivity index (χ1n) is 10.6. The van der Waals surface area contributed by atoms with Gasteiger partial charge >= 0.3 is 0 Å². The molecule has 5 nitrogen and oxygen atoms in total. The first-order valence-corrected chi connectivity index (χ1v) is 11.7. The summed E-state index contributed by atoms with van der Waals surface area (Å²) < 4.78 is 25.3.